The van der Waals surface area contributed by atoms with Crippen molar-refractivity contribution in [1.29, 1.82) is 0 Å². The SMILES string of the molecule is COc1ccc(C=CC(=O)c2nn(C)cc2Cl)cc1Cn1cc(Cl)cn1. The van der Waals surface area contributed by atoms with Crippen molar-refractivity contribution in [2.75, 3.05) is 7.11 Å². The van der Waals surface area contributed by atoms with Crippen LogP contribution in [0.1, 0.15) is 21.6 Å². The summed E-state index contributed by atoms with van der Waals surface area (Å²) in [5.74, 6) is 0.472. The first-order chi connectivity index (χ1) is 12.5. The van der Waals surface area contributed by atoms with Crippen molar-refractivity contribution >= 4 is 35.1 Å². The van der Waals surface area contributed by atoms with E-state index in [0.29, 0.717) is 16.6 Å². The summed E-state index contributed by atoms with van der Waals surface area (Å²) in [7, 11) is 3.32. The predicted octanol–water partition coefficient (Wildman–Crippen LogP) is 3.88. The Kier molecular flexibility index (Phi) is 5.44. The van der Waals surface area contributed by atoms with E-state index in [1.54, 1.807) is 43.5 Å². The zero-order chi connectivity index (χ0) is 18.7. The van der Waals surface area contributed by atoms with E-state index in [1.807, 2.05) is 18.2 Å². The quantitative estimate of drug-likeness (QED) is 0.473. The Morgan fingerprint density at radius 2 is 2.12 bits per heavy atom. The third-order valence-corrected chi connectivity index (χ3v) is 4.15. The molecule has 0 aliphatic heterocycles. The molecular formula is C18H16Cl2N4O2. The molecule has 2 aromatic heterocycles. The normalized spacial score (nSPS) is 11.2. The van der Waals surface area contributed by atoms with Crippen molar-refractivity contribution in [3.05, 3.63) is 69.7 Å². The summed E-state index contributed by atoms with van der Waals surface area (Å²) < 4.78 is 8.62. The average Bonchev–Trinajstić information content (AvgIpc) is 3.17. The molecule has 0 aliphatic rings. The molecule has 1 aromatic carbocycles. The number of ketones is 1. The summed E-state index contributed by atoms with van der Waals surface area (Å²) >= 11 is 11.9. The summed E-state index contributed by atoms with van der Waals surface area (Å²) in [6, 6.07) is 5.64. The number of rotatable bonds is 6. The van der Waals surface area contributed by atoms with Crippen molar-refractivity contribution < 1.29 is 9.53 Å². The van der Waals surface area contributed by atoms with Gasteiger partial charge in [0.2, 0.25) is 5.78 Å². The van der Waals surface area contributed by atoms with Crippen molar-refractivity contribution in [3.8, 4) is 5.75 Å². The van der Waals surface area contributed by atoms with Crippen LogP contribution in [0.4, 0.5) is 0 Å². The molecular weight excluding hydrogens is 375 g/mol. The van der Waals surface area contributed by atoms with E-state index in [9.17, 15) is 4.79 Å². The molecule has 26 heavy (non-hydrogen) atoms. The van der Waals surface area contributed by atoms with Crippen molar-refractivity contribution in [3.63, 3.8) is 0 Å². The fraction of sp³-hybridized carbons (Fsp3) is 0.167. The Morgan fingerprint density at radius 1 is 1.31 bits per heavy atom. The van der Waals surface area contributed by atoms with E-state index in [1.165, 1.54) is 10.8 Å². The summed E-state index contributed by atoms with van der Waals surface area (Å²) in [6.07, 6.45) is 8.06. The number of aromatic nitrogens is 4. The van der Waals surface area contributed by atoms with Gasteiger partial charge in [-0.15, -0.1) is 0 Å². The van der Waals surface area contributed by atoms with Gasteiger partial charge in [-0.05, 0) is 23.8 Å². The fourth-order valence-electron chi connectivity index (χ4n) is 2.50. The highest BCUT2D eigenvalue weighted by molar-refractivity contribution is 6.34. The Balaban J connectivity index is 1.82. The molecule has 134 valence electrons. The van der Waals surface area contributed by atoms with Gasteiger partial charge in [-0.2, -0.15) is 10.2 Å². The molecule has 0 aliphatic carbocycles. The molecule has 0 saturated carbocycles. The molecule has 0 bridgehead atoms. The average molecular weight is 391 g/mol. The highest BCUT2D eigenvalue weighted by Crippen LogP contribution is 2.22. The van der Waals surface area contributed by atoms with E-state index in [0.717, 1.165) is 16.9 Å². The van der Waals surface area contributed by atoms with Gasteiger partial charge in [0.05, 0.1) is 29.9 Å². The fourth-order valence-corrected chi connectivity index (χ4v) is 2.93. The van der Waals surface area contributed by atoms with Crippen LogP contribution in [0.2, 0.25) is 10.0 Å². The summed E-state index contributed by atoms with van der Waals surface area (Å²) in [6.45, 7) is 0.498. The number of allylic oxidation sites excluding steroid dienone is 1. The standard InChI is InChI=1S/C18H16Cl2N4O2/c1-23-11-15(20)18(22-23)16(25)5-3-12-4-6-17(26-2)13(7-12)9-24-10-14(19)8-21-24/h3-8,10-11H,9H2,1-2H3. The Bertz CT molecular complexity index is 975. The van der Waals surface area contributed by atoms with Gasteiger partial charge in [0.1, 0.15) is 5.75 Å². The molecule has 0 N–H and O–H groups in total. The van der Waals surface area contributed by atoms with E-state index in [2.05, 4.69) is 10.2 Å². The molecule has 3 rings (SSSR count). The minimum Gasteiger partial charge on any atom is -0.496 e. The Morgan fingerprint density at radius 3 is 2.73 bits per heavy atom. The molecule has 0 saturated heterocycles. The van der Waals surface area contributed by atoms with Crippen LogP contribution in [0, 0.1) is 0 Å². The van der Waals surface area contributed by atoms with Crippen LogP contribution in [0.5, 0.6) is 5.75 Å². The first-order valence-electron chi connectivity index (χ1n) is 7.72. The van der Waals surface area contributed by atoms with Crippen LogP contribution in [0.3, 0.4) is 0 Å². The van der Waals surface area contributed by atoms with Gasteiger partial charge in [0, 0.05) is 25.0 Å². The van der Waals surface area contributed by atoms with E-state index >= 15 is 0 Å². The predicted molar refractivity (Wildman–Crippen MR) is 101 cm³/mol. The van der Waals surface area contributed by atoms with Gasteiger partial charge >= 0.3 is 0 Å². The summed E-state index contributed by atoms with van der Waals surface area (Å²) in [5, 5.41) is 9.13. The minimum absolute atomic E-state index is 0.227. The number of nitrogens with zero attached hydrogens (tertiary/aromatic N) is 4. The number of carbonyl (C=O) groups excluding carboxylic acids is 1. The van der Waals surface area contributed by atoms with E-state index in [4.69, 9.17) is 27.9 Å². The first kappa shape index (κ1) is 18.2. The molecule has 0 amide bonds. The maximum absolute atomic E-state index is 12.3. The van der Waals surface area contributed by atoms with Crippen LogP contribution < -0.4 is 4.74 Å². The number of hydrogen-bond acceptors (Lipinski definition) is 4. The van der Waals surface area contributed by atoms with Crippen LogP contribution in [-0.2, 0) is 13.6 Å². The molecule has 0 spiro atoms. The number of benzene rings is 1. The van der Waals surface area contributed by atoms with Crippen LogP contribution in [0.25, 0.3) is 6.08 Å². The van der Waals surface area contributed by atoms with Gasteiger partial charge in [-0.1, -0.05) is 35.3 Å². The topological polar surface area (TPSA) is 61.9 Å². The van der Waals surface area contributed by atoms with Gasteiger partial charge in [0.15, 0.2) is 5.69 Å². The monoisotopic (exact) mass is 390 g/mol. The van der Waals surface area contributed by atoms with Gasteiger partial charge in [-0.3, -0.25) is 14.2 Å². The number of aryl methyl sites for hydroxylation is 1. The number of carbonyl (C=O) groups is 1. The maximum Gasteiger partial charge on any atom is 0.207 e. The van der Waals surface area contributed by atoms with Crippen molar-refractivity contribution in [1.82, 2.24) is 19.6 Å². The summed E-state index contributed by atoms with van der Waals surface area (Å²) in [4.78, 5) is 12.3. The molecule has 2 heterocycles. The van der Waals surface area contributed by atoms with Gasteiger partial charge in [0.25, 0.3) is 0 Å². The molecule has 0 radical (unpaired) electrons. The van der Waals surface area contributed by atoms with Crippen LogP contribution in [-0.4, -0.2) is 32.5 Å². The highest BCUT2D eigenvalue weighted by Gasteiger charge is 2.12. The number of hydrogen-bond donors (Lipinski definition) is 0. The highest BCUT2D eigenvalue weighted by atomic mass is 35.5. The largest absolute Gasteiger partial charge is 0.496 e. The Labute approximate surface area is 160 Å². The third kappa shape index (κ3) is 4.15. The van der Waals surface area contributed by atoms with Crippen molar-refractivity contribution in [2.45, 2.75) is 6.54 Å². The molecule has 6 nitrogen and oxygen atoms in total. The lowest BCUT2D eigenvalue weighted by molar-refractivity contribution is 0.104. The lowest BCUT2D eigenvalue weighted by Gasteiger charge is -2.09. The smallest absolute Gasteiger partial charge is 0.207 e. The molecule has 0 fully saturated rings. The maximum atomic E-state index is 12.3. The molecule has 8 heteroatoms. The van der Waals surface area contributed by atoms with Gasteiger partial charge in [-0.25, -0.2) is 0 Å². The van der Waals surface area contributed by atoms with Crippen molar-refractivity contribution in [2.24, 2.45) is 7.05 Å². The zero-order valence-corrected chi connectivity index (χ0v) is 15.7. The number of halogens is 2. The first-order valence-corrected chi connectivity index (χ1v) is 8.48. The zero-order valence-electron chi connectivity index (χ0n) is 14.2. The second-order valence-corrected chi connectivity index (χ2v) is 6.47. The lowest BCUT2D eigenvalue weighted by Crippen LogP contribution is -2.02. The molecule has 3 aromatic rings. The van der Waals surface area contributed by atoms with E-state index < -0.39 is 0 Å². The second-order valence-electron chi connectivity index (χ2n) is 5.62. The second kappa shape index (κ2) is 7.76. The number of ether oxygens (including phenoxy) is 1. The Hall–Kier alpha value is -2.57. The van der Waals surface area contributed by atoms with Crippen LogP contribution in [0.15, 0.2) is 42.9 Å². The molecule has 0 atom stereocenters. The third-order valence-electron chi connectivity index (χ3n) is 3.68. The number of methoxy groups -OCH3 is 1. The van der Waals surface area contributed by atoms with Crippen LogP contribution >= 0.6 is 23.2 Å². The molecule has 0 unspecified atom stereocenters. The summed E-state index contributed by atoms with van der Waals surface area (Å²) in [5.41, 5.74) is 1.99. The van der Waals surface area contributed by atoms with E-state index in [-0.39, 0.29) is 11.5 Å². The minimum atomic E-state index is -0.258. The van der Waals surface area contributed by atoms with Gasteiger partial charge < -0.3 is 4.74 Å². The lowest BCUT2D eigenvalue weighted by atomic mass is 10.1.